The zero-order valence-corrected chi connectivity index (χ0v) is 11.8. The Bertz CT molecular complexity index is 650. The quantitative estimate of drug-likeness (QED) is 0.791. The van der Waals surface area contributed by atoms with Gasteiger partial charge in [0.1, 0.15) is 0 Å². The molecule has 0 saturated heterocycles. The molecule has 3 aromatic rings. The van der Waals surface area contributed by atoms with E-state index < -0.39 is 0 Å². The maximum absolute atomic E-state index is 4.39. The van der Waals surface area contributed by atoms with Crippen LogP contribution >= 0.6 is 11.3 Å². The van der Waals surface area contributed by atoms with Crippen LogP contribution in [0.25, 0.3) is 11.4 Å². The number of hydrogen-bond acceptors (Lipinski definition) is 5. The van der Waals surface area contributed by atoms with Crippen molar-refractivity contribution >= 4 is 17.0 Å². The molecule has 2 heterocycles. The molecule has 1 atom stereocenters. The second-order valence-corrected chi connectivity index (χ2v) is 5.16. The molecule has 5 heteroatoms. The molecule has 1 N–H and O–H groups in total. The SMILES string of the molecule is CC(Nc1cnc(-c2ccccc2)nc1)c1cscn1. The van der Waals surface area contributed by atoms with Crippen molar-refractivity contribution in [3.8, 4) is 11.4 Å². The second-order valence-electron chi connectivity index (χ2n) is 4.44. The van der Waals surface area contributed by atoms with Crippen LogP contribution in [0.4, 0.5) is 5.69 Å². The van der Waals surface area contributed by atoms with Gasteiger partial charge in [-0.25, -0.2) is 15.0 Å². The van der Waals surface area contributed by atoms with Crippen LogP contribution in [0, 0.1) is 0 Å². The van der Waals surface area contributed by atoms with Gasteiger partial charge >= 0.3 is 0 Å². The van der Waals surface area contributed by atoms with Crippen molar-refractivity contribution in [2.24, 2.45) is 0 Å². The maximum atomic E-state index is 4.39. The van der Waals surface area contributed by atoms with Crippen molar-refractivity contribution in [3.05, 3.63) is 59.3 Å². The topological polar surface area (TPSA) is 50.7 Å². The van der Waals surface area contributed by atoms with Crippen LogP contribution < -0.4 is 5.32 Å². The van der Waals surface area contributed by atoms with E-state index in [-0.39, 0.29) is 6.04 Å². The third-order valence-electron chi connectivity index (χ3n) is 2.96. The largest absolute Gasteiger partial charge is 0.374 e. The van der Waals surface area contributed by atoms with E-state index >= 15 is 0 Å². The van der Waals surface area contributed by atoms with Gasteiger partial charge in [0, 0.05) is 10.9 Å². The molecule has 0 amide bonds. The molecular formula is C15H14N4S. The molecule has 100 valence electrons. The zero-order valence-electron chi connectivity index (χ0n) is 11.0. The fourth-order valence-corrected chi connectivity index (χ4v) is 2.55. The van der Waals surface area contributed by atoms with Crippen molar-refractivity contribution in [1.29, 1.82) is 0 Å². The minimum atomic E-state index is 0.146. The third kappa shape index (κ3) is 2.83. The van der Waals surface area contributed by atoms with Gasteiger partial charge < -0.3 is 5.32 Å². The van der Waals surface area contributed by atoms with Crippen molar-refractivity contribution in [2.45, 2.75) is 13.0 Å². The van der Waals surface area contributed by atoms with E-state index in [2.05, 4.69) is 27.2 Å². The predicted octanol–water partition coefficient (Wildman–Crippen LogP) is 3.77. The molecular weight excluding hydrogens is 268 g/mol. The standard InChI is InChI=1S/C15H14N4S/c1-11(14-9-20-10-18-14)19-13-7-16-15(17-8-13)12-5-3-2-4-6-12/h2-11,19H,1H3. The minimum Gasteiger partial charge on any atom is -0.374 e. The molecule has 1 unspecified atom stereocenters. The van der Waals surface area contributed by atoms with Gasteiger partial charge in [-0.3, -0.25) is 0 Å². The van der Waals surface area contributed by atoms with Crippen molar-refractivity contribution in [1.82, 2.24) is 15.0 Å². The van der Waals surface area contributed by atoms with E-state index in [4.69, 9.17) is 0 Å². The minimum absolute atomic E-state index is 0.146. The van der Waals surface area contributed by atoms with Gasteiger partial charge in [-0.2, -0.15) is 0 Å². The monoisotopic (exact) mass is 282 g/mol. The summed E-state index contributed by atoms with van der Waals surface area (Å²) in [4.78, 5) is 13.1. The van der Waals surface area contributed by atoms with Crippen LogP contribution in [0.1, 0.15) is 18.7 Å². The molecule has 20 heavy (non-hydrogen) atoms. The molecule has 2 aromatic heterocycles. The van der Waals surface area contributed by atoms with Crippen LogP contribution in [0.15, 0.2) is 53.6 Å². The van der Waals surface area contributed by atoms with E-state index in [0.29, 0.717) is 0 Å². The number of aromatic nitrogens is 3. The number of benzene rings is 1. The number of nitrogens with zero attached hydrogens (tertiary/aromatic N) is 3. The summed E-state index contributed by atoms with van der Waals surface area (Å²) in [7, 11) is 0. The molecule has 0 bridgehead atoms. The molecule has 0 aliphatic rings. The first-order valence-electron chi connectivity index (χ1n) is 6.35. The number of anilines is 1. The Hall–Kier alpha value is -2.27. The first-order chi connectivity index (χ1) is 9.83. The fourth-order valence-electron chi connectivity index (χ4n) is 1.90. The lowest BCUT2D eigenvalue weighted by Gasteiger charge is -2.12. The number of hydrogen-bond donors (Lipinski definition) is 1. The van der Waals surface area contributed by atoms with E-state index in [1.165, 1.54) is 0 Å². The summed E-state index contributed by atoms with van der Waals surface area (Å²) in [6, 6.07) is 10.1. The summed E-state index contributed by atoms with van der Waals surface area (Å²) in [5.41, 5.74) is 4.78. The lowest BCUT2D eigenvalue weighted by Crippen LogP contribution is -2.07. The lowest BCUT2D eigenvalue weighted by molar-refractivity contribution is 0.847. The van der Waals surface area contributed by atoms with E-state index in [1.807, 2.05) is 41.2 Å². The summed E-state index contributed by atoms with van der Waals surface area (Å²) in [5.74, 6) is 0.734. The Morgan fingerprint density at radius 1 is 1.05 bits per heavy atom. The van der Waals surface area contributed by atoms with Crippen LogP contribution in [0.2, 0.25) is 0 Å². The van der Waals surface area contributed by atoms with E-state index in [1.54, 1.807) is 23.7 Å². The molecule has 0 fully saturated rings. The second kappa shape index (κ2) is 5.79. The summed E-state index contributed by atoms with van der Waals surface area (Å²) in [6.45, 7) is 2.07. The van der Waals surface area contributed by atoms with Gasteiger partial charge in [-0.05, 0) is 6.92 Å². The molecule has 3 rings (SSSR count). The van der Waals surface area contributed by atoms with Gasteiger partial charge in [0.15, 0.2) is 5.82 Å². The Balaban J connectivity index is 1.74. The average molecular weight is 282 g/mol. The van der Waals surface area contributed by atoms with Crippen LogP contribution in [0.3, 0.4) is 0 Å². The smallest absolute Gasteiger partial charge is 0.159 e. The third-order valence-corrected chi connectivity index (χ3v) is 3.57. The Kier molecular flexibility index (Phi) is 3.69. The van der Waals surface area contributed by atoms with Gasteiger partial charge in [0.25, 0.3) is 0 Å². The summed E-state index contributed by atoms with van der Waals surface area (Å²) >= 11 is 1.60. The Labute approximate surface area is 121 Å². The molecule has 0 spiro atoms. The Morgan fingerprint density at radius 3 is 2.45 bits per heavy atom. The molecule has 4 nitrogen and oxygen atoms in total. The predicted molar refractivity (Wildman–Crippen MR) is 81.6 cm³/mol. The first-order valence-corrected chi connectivity index (χ1v) is 7.29. The van der Waals surface area contributed by atoms with Crippen molar-refractivity contribution < 1.29 is 0 Å². The van der Waals surface area contributed by atoms with Crippen LogP contribution in [-0.2, 0) is 0 Å². The highest BCUT2D eigenvalue weighted by molar-refractivity contribution is 7.07. The zero-order chi connectivity index (χ0) is 13.8. The summed E-state index contributed by atoms with van der Waals surface area (Å²) in [6.07, 6.45) is 3.61. The van der Waals surface area contributed by atoms with E-state index in [9.17, 15) is 0 Å². The Morgan fingerprint density at radius 2 is 1.80 bits per heavy atom. The highest BCUT2D eigenvalue weighted by Gasteiger charge is 2.08. The normalized spacial score (nSPS) is 12.1. The molecule has 0 aliphatic carbocycles. The number of rotatable bonds is 4. The van der Waals surface area contributed by atoms with E-state index in [0.717, 1.165) is 22.8 Å². The molecule has 0 aliphatic heterocycles. The lowest BCUT2D eigenvalue weighted by atomic mass is 10.2. The van der Waals surface area contributed by atoms with Crippen LogP contribution in [-0.4, -0.2) is 15.0 Å². The van der Waals surface area contributed by atoms with Gasteiger partial charge in [-0.15, -0.1) is 11.3 Å². The fraction of sp³-hybridized carbons (Fsp3) is 0.133. The summed E-state index contributed by atoms with van der Waals surface area (Å²) in [5, 5.41) is 5.38. The van der Waals surface area contributed by atoms with Crippen molar-refractivity contribution in [3.63, 3.8) is 0 Å². The summed E-state index contributed by atoms with van der Waals surface area (Å²) < 4.78 is 0. The van der Waals surface area contributed by atoms with Gasteiger partial charge in [-0.1, -0.05) is 30.3 Å². The average Bonchev–Trinajstić information content (AvgIpc) is 3.03. The maximum Gasteiger partial charge on any atom is 0.159 e. The highest BCUT2D eigenvalue weighted by Crippen LogP contribution is 2.19. The number of nitrogens with one attached hydrogen (secondary N) is 1. The highest BCUT2D eigenvalue weighted by atomic mass is 32.1. The molecule has 1 aromatic carbocycles. The van der Waals surface area contributed by atoms with Gasteiger partial charge in [0.2, 0.25) is 0 Å². The van der Waals surface area contributed by atoms with Gasteiger partial charge in [0.05, 0.1) is 35.3 Å². The molecule has 0 radical (unpaired) electrons. The first kappa shape index (κ1) is 12.7. The van der Waals surface area contributed by atoms with Crippen LogP contribution in [0.5, 0.6) is 0 Å². The van der Waals surface area contributed by atoms with Crippen molar-refractivity contribution in [2.75, 3.05) is 5.32 Å². The number of thiazole rings is 1. The molecule has 0 saturated carbocycles.